The maximum Gasteiger partial charge on any atom is 0.413 e. The van der Waals surface area contributed by atoms with E-state index in [0.717, 1.165) is 0 Å². The first-order valence-corrected chi connectivity index (χ1v) is 6.53. The molecule has 0 aliphatic carbocycles. The van der Waals surface area contributed by atoms with E-state index in [0.29, 0.717) is 15.6 Å². The van der Waals surface area contributed by atoms with Gasteiger partial charge < -0.3 is 10.5 Å². The highest BCUT2D eigenvalue weighted by Gasteiger charge is 2.10. The number of amides is 2. The molecule has 0 aromatic heterocycles. The second-order valence-electron chi connectivity index (χ2n) is 3.24. The van der Waals surface area contributed by atoms with Crippen molar-refractivity contribution in [3.8, 4) is 0 Å². The van der Waals surface area contributed by atoms with Crippen LogP contribution < -0.4 is 11.1 Å². The summed E-state index contributed by atoms with van der Waals surface area (Å²) in [7, 11) is 0. The molecule has 0 saturated heterocycles. The lowest BCUT2D eigenvalue weighted by atomic mass is 10.3. The van der Waals surface area contributed by atoms with Crippen LogP contribution in [-0.4, -0.2) is 24.4 Å². The number of benzene rings is 1. The van der Waals surface area contributed by atoms with Crippen molar-refractivity contribution in [2.75, 3.05) is 18.1 Å². The number of hydrogen-bond donors (Lipinski definition) is 2. The summed E-state index contributed by atoms with van der Waals surface area (Å²) in [5.74, 6) is -0.388. The Morgan fingerprint density at radius 3 is 2.89 bits per heavy atom. The van der Waals surface area contributed by atoms with Gasteiger partial charge in [-0.2, -0.15) is 0 Å². The molecule has 0 radical (unpaired) electrons. The van der Waals surface area contributed by atoms with E-state index in [1.54, 1.807) is 25.1 Å². The highest BCUT2D eigenvalue weighted by atomic mass is 35.5. The summed E-state index contributed by atoms with van der Waals surface area (Å²) in [5.41, 5.74) is 6.26. The number of halogens is 1. The third-order valence-electron chi connectivity index (χ3n) is 1.85. The zero-order valence-electron chi connectivity index (χ0n) is 9.73. The summed E-state index contributed by atoms with van der Waals surface area (Å²) in [6, 6.07) is 4.99. The van der Waals surface area contributed by atoms with E-state index in [4.69, 9.17) is 17.3 Å². The van der Waals surface area contributed by atoms with Crippen molar-refractivity contribution in [3.63, 3.8) is 0 Å². The van der Waals surface area contributed by atoms with E-state index in [1.165, 1.54) is 11.8 Å². The molecular formula is C11H13ClN2O3S. The molecule has 0 spiro atoms. The van der Waals surface area contributed by atoms with Crippen LogP contribution in [0, 0.1) is 0 Å². The molecule has 0 aliphatic heterocycles. The second kappa shape index (κ2) is 7.13. The highest BCUT2D eigenvalue weighted by molar-refractivity contribution is 8.00. The van der Waals surface area contributed by atoms with Crippen LogP contribution in [0.4, 0.5) is 10.5 Å². The molecule has 0 fully saturated rings. The number of hydrogen-bond acceptors (Lipinski definition) is 5. The van der Waals surface area contributed by atoms with Gasteiger partial charge in [0.05, 0.1) is 12.4 Å². The van der Waals surface area contributed by atoms with Crippen LogP contribution >= 0.6 is 23.4 Å². The highest BCUT2D eigenvalue weighted by Crippen LogP contribution is 2.27. The molecule has 0 unspecified atom stereocenters. The lowest BCUT2D eigenvalue weighted by Crippen LogP contribution is -2.32. The minimum Gasteiger partial charge on any atom is -0.450 e. The number of nitrogen functional groups attached to an aromatic ring is 1. The average molecular weight is 289 g/mol. The Bertz CT molecular complexity index is 454. The molecule has 18 heavy (non-hydrogen) atoms. The van der Waals surface area contributed by atoms with Crippen molar-refractivity contribution in [2.45, 2.75) is 11.8 Å². The van der Waals surface area contributed by atoms with Gasteiger partial charge in [-0.1, -0.05) is 11.6 Å². The van der Waals surface area contributed by atoms with E-state index in [-0.39, 0.29) is 12.4 Å². The average Bonchev–Trinajstić information content (AvgIpc) is 2.30. The van der Waals surface area contributed by atoms with E-state index in [9.17, 15) is 9.59 Å². The molecule has 0 bridgehead atoms. The maximum atomic E-state index is 11.4. The Morgan fingerprint density at radius 2 is 2.22 bits per heavy atom. The van der Waals surface area contributed by atoms with Crippen LogP contribution in [0.3, 0.4) is 0 Å². The number of carbonyl (C=O) groups excluding carboxylic acids is 2. The van der Waals surface area contributed by atoms with Gasteiger partial charge in [-0.05, 0) is 25.1 Å². The Kier molecular flexibility index (Phi) is 5.80. The summed E-state index contributed by atoms with van der Waals surface area (Å²) in [5, 5.41) is 2.63. The van der Waals surface area contributed by atoms with Crippen molar-refractivity contribution < 1.29 is 14.3 Å². The zero-order valence-corrected chi connectivity index (χ0v) is 11.3. The minimum atomic E-state index is -0.748. The maximum absolute atomic E-state index is 11.4. The van der Waals surface area contributed by atoms with Crippen molar-refractivity contribution in [3.05, 3.63) is 23.2 Å². The quantitative estimate of drug-likeness (QED) is 0.656. The van der Waals surface area contributed by atoms with E-state index >= 15 is 0 Å². The summed E-state index contributed by atoms with van der Waals surface area (Å²) >= 11 is 7.01. The number of anilines is 1. The van der Waals surface area contributed by atoms with Crippen molar-refractivity contribution in [1.29, 1.82) is 0 Å². The van der Waals surface area contributed by atoms with E-state index in [2.05, 4.69) is 10.1 Å². The molecular weight excluding hydrogens is 276 g/mol. The van der Waals surface area contributed by atoms with Crippen molar-refractivity contribution in [2.24, 2.45) is 0 Å². The smallest absolute Gasteiger partial charge is 0.413 e. The van der Waals surface area contributed by atoms with E-state index < -0.39 is 12.0 Å². The molecule has 0 saturated carbocycles. The van der Waals surface area contributed by atoms with Gasteiger partial charge in [-0.3, -0.25) is 10.1 Å². The summed E-state index contributed by atoms with van der Waals surface area (Å²) in [4.78, 5) is 23.1. The Balaban J connectivity index is 2.47. The number of nitrogens with one attached hydrogen (secondary N) is 1. The van der Waals surface area contributed by atoms with Gasteiger partial charge in [0.1, 0.15) is 0 Å². The first-order valence-electron chi connectivity index (χ1n) is 5.17. The second-order valence-corrected chi connectivity index (χ2v) is 4.69. The Hall–Kier alpha value is -1.40. The zero-order chi connectivity index (χ0) is 13.5. The number of rotatable bonds is 4. The van der Waals surface area contributed by atoms with Crippen molar-refractivity contribution in [1.82, 2.24) is 5.32 Å². The summed E-state index contributed by atoms with van der Waals surface area (Å²) in [6.07, 6.45) is -0.748. The van der Waals surface area contributed by atoms with Crippen LogP contribution in [0.15, 0.2) is 23.1 Å². The van der Waals surface area contributed by atoms with Crippen LogP contribution in [0.5, 0.6) is 0 Å². The third kappa shape index (κ3) is 4.85. The molecule has 5 nitrogen and oxygen atoms in total. The number of nitrogens with two attached hydrogens (primary N) is 1. The molecule has 0 aliphatic rings. The molecule has 2 amide bonds. The van der Waals surface area contributed by atoms with Crippen LogP contribution in [0.2, 0.25) is 5.02 Å². The lowest BCUT2D eigenvalue weighted by molar-refractivity contribution is -0.117. The molecule has 0 heterocycles. The Morgan fingerprint density at radius 1 is 1.50 bits per heavy atom. The fourth-order valence-corrected chi connectivity index (χ4v) is 2.13. The molecule has 1 rings (SSSR count). The summed E-state index contributed by atoms with van der Waals surface area (Å²) < 4.78 is 4.58. The fourth-order valence-electron chi connectivity index (χ4n) is 1.09. The van der Waals surface area contributed by atoms with Gasteiger partial charge >= 0.3 is 6.09 Å². The number of alkyl carbamates (subject to hydrolysis) is 1. The Labute approximate surface area is 114 Å². The molecule has 1 aromatic carbocycles. The monoisotopic (exact) mass is 288 g/mol. The predicted molar refractivity (Wildman–Crippen MR) is 71.8 cm³/mol. The van der Waals surface area contributed by atoms with Crippen LogP contribution in [0.1, 0.15) is 6.92 Å². The van der Waals surface area contributed by atoms with Gasteiger partial charge in [0.2, 0.25) is 5.91 Å². The summed E-state index contributed by atoms with van der Waals surface area (Å²) in [6.45, 7) is 1.87. The van der Waals surface area contributed by atoms with Gasteiger partial charge in [0, 0.05) is 15.6 Å². The van der Waals surface area contributed by atoms with E-state index in [1.807, 2.05) is 0 Å². The van der Waals surface area contributed by atoms with Crippen LogP contribution in [0.25, 0.3) is 0 Å². The molecule has 0 atom stereocenters. The standard InChI is InChI=1S/C11H13ClN2O3S/c1-2-17-11(16)14-10(15)6-18-9-5-7(12)3-4-8(9)13/h3-5H,2,6,13H2,1H3,(H,14,15,16). The van der Waals surface area contributed by atoms with Crippen LogP contribution in [-0.2, 0) is 9.53 Å². The predicted octanol–water partition coefficient (Wildman–Crippen LogP) is 2.29. The SMILES string of the molecule is CCOC(=O)NC(=O)CSc1cc(Cl)ccc1N. The van der Waals surface area contributed by atoms with Gasteiger partial charge in [-0.25, -0.2) is 4.79 Å². The molecule has 1 aromatic rings. The van der Waals surface area contributed by atoms with Gasteiger partial charge in [-0.15, -0.1) is 11.8 Å². The number of carbonyl (C=O) groups is 2. The molecule has 3 N–H and O–H groups in total. The number of imide groups is 1. The molecule has 7 heteroatoms. The minimum absolute atomic E-state index is 0.0589. The number of ether oxygens (including phenoxy) is 1. The van der Waals surface area contributed by atoms with Gasteiger partial charge in [0.25, 0.3) is 0 Å². The molecule has 98 valence electrons. The van der Waals surface area contributed by atoms with Crippen molar-refractivity contribution >= 4 is 41.1 Å². The number of thioether (sulfide) groups is 1. The third-order valence-corrected chi connectivity index (χ3v) is 3.16. The first kappa shape index (κ1) is 14.7. The van der Waals surface area contributed by atoms with Gasteiger partial charge in [0.15, 0.2) is 0 Å². The largest absolute Gasteiger partial charge is 0.450 e. The fraction of sp³-hybridized carbons (Fsp3) is 0.273. The topological polar surface area (TPSA) is 81.4 Å². The first-order chi connectivity index (χ1) is 8.52. The lowest BCUT2D eigenvalue weighted by Gasteiger charge is -2.06. The normalized spacial score (nSPS) is 9.89.